The van der Waals surface area contributed by atoms with Crippen molar-refractivity contribution in [1.29, 1.82) is 5.26 Å². The van der Waals surface area contributed by atoms with Gasteiger partial charge in [0.2, 0.25) is 5.95 Å². The Labute approximate surface area is 168 Å². The second-order valence-electron chi connectivity index (χ2n) is 5.93. The fourth-order valence-electron chi connectivity index (χ4n) is 2.61. The highest BCUT2D eigenvalue weighted by molar-refractivity contribution is 6.31. The highest BCUT2D eigenvalue weighted by Crippen LogP contribution is 2.36. The van der Waals surface area contributed by atoms with Crippen LogP contribution in [0.2, 0.25) is 5.02 Å². The average molecular weight is 420 g/mol. The van der Waals surface area contributed by atoms with Crippen molar-refractivity contribution in [2.24, 2.45) is 0 Å². The molecule has 1 aromatic heterocycles. The van der Waals surface area contributed by atoms with Crippen LogP contribution in [0.15, 0.2) is 42.5 Å². The largest absolute Gasteiger partial charge is 0.488 e. The standard InChI is InChI=1S/C19H13ClF3N5O/c20-12-4-5-15(29-9-10-2-1-3-11(6-10)19(21,22)23)13(7-12)16-14(8-24)17(25)28-18(26)27-16/h1-7H,9H2,(H4,25,26,27,28). The van der Waals surface area contributed by atoms with Gasteiger partial charge in [-0.15, -0.1) is 0 Å². The molecular weight excluding hydrogens is 407 g/mol. The lowest BCUT2D eigenvalue weighted by atomic mass is 10.1. The molecule has 10 heteroatoms. The topological polar surface area (TPSA) is 111 Å². The predicted molar refractivity (Wildman–Crippen MR) is 102 cm³/mol. The minimum absolute atomic E-state index is 0.0228. The zero-order chi connectivity index (χ0) is 21.2. The van der Waals surface area contributed by atoms with Crippen LogP contribution in [0.5, 0.6) is 5.75 Å². The van der Waals surface area contributed by atoms with E-state index in [-0.39, 0.29) is 35.4 Å². The monoisotopic (exact) mass is 419 g/mol. The summed E-state index contributed by atoms with van der Waals surface area (Å²) in [6, 6.07) is 11.2. The number of rotatable bonds is 4. The van der Waals surface area contributed by atoms with Crippen LogP contribution in [0, 0.1) is 11.3 Å². The Balaban J connectivity index is 1.99. The number of alkyl halides is 3. The van der Waals surface area contributed by atoms with E-state index < -0.39 is 11.7 Å². The molecule has 4 N–H and O–H groups in total. The summed E-state index contributed by atoms with van der Waals surface area (Å²) in [6.07, 6.45) is -4.46. The van der Waals surface area contributed by atoms with E-state index in [2.05, 4.69) is 9.97 Å². The van der Waals surface area contributed by atoms with E-state index in [1.165, 1.54) is 30.3 Å². The fraction of sp³-hybridized carbons (Fsp3) is 0.105. The molecule has 2 aromatic carbocycles. The van der Waals surface area contributed by atoms with Gasteiger partial charge in [-0.05, 0) is 35.9 Å². The molecule has 0 aliphatic heterocycles. The van der Waals surface area contributed by atoms with Gasteiger partial charge in [0.15, 0.2) is 0 Å². The van der Waals surface area contributed by atoms with Crippen molar-refractivity contribution >= 4 is 23.4 Å². The number of aromatic nitrogens is 2. The minimum Gasteiger partial charge on any atom is -0.488 e. The molecule has 0 aliphatic carbocycles. The summed E-state index contributed by atoms with van der Waals surface area (Å²) in [5.74, 6) is -0.0279. The summed E-state index contributed by atoms with van der Waals surface area (Å²) in [5, 5.41) is 9.72. The van der Waals surface area contributed by atoms with E-state index in [1.807, 2.05) is 6.07 Å². The van der Waals surface area contributed by atoms with E-state index in [9.17, 15) is 18.4 Å². The van der Waals surface area contributed by atoms with E-state index in [0.717, 1.165) is 12.1 Å². The van der Waals surface area contributed by atoms with Crippen LogP contribution in [-0.2, 0) is 12.8 Å². The maximum Gasteiger partial charge on any atom is 0.416 e. The lowest BCUT2D eigenvalue weighted by molar-refractivity contribution is -0.137. The number of anilines is 2. The van der Waals surface area contributed by atoms with Crippen LogP contribution in [0.25, 0.3) is 11.3 Å². The van der Waals surface area contributed by atoms with Crippen molar-refractivity contribution in [2.75, 3.05) is 11.5 Å². The molecule has 6 nitrogen and oxygen atoms in total. The summed E-state index contributed by atoms with van der Waals surface area (Å²) < 4.78 is 44.4. The Morgan fingerprint density at radius 2 is 1.86 bits per heavy atom. The number of nitrogen functional groups attached to an aromatic ring is 2. The van der Waals surface area contributed by atoms with Gasteiger partial charge in [0.25, 0.3) is 0 Å². The van der Waals surface area contributed by atoms with Crippen LogP contribution in [-0.4, -0.2) is 9.97 Å². The van der Waals surface area contributed by atoms with E-state index in [1.54, 1.807) is 0 Å². The van der Waals surface area contributed by atoms with E-state index >= 15 is 0 Å². The molecular formula is C19H13ClF3N5O. The highest BCUT2D eigenvalue weighted by atomic mass is 35.5. The maximum absolute atomic E-state index is 12.9. The highest BCUT2D eigenvalue weighted by Gasteiger charge is 2.30. The first-order chi connectivity index (χ1) is 13.7. The Morgan fingerprint density at radius 1 is 1.10 bits per heavy atom. The van der Waals surface area contributed by atoms with Gasteiger partial charge < -0.3 is 16.2 Å². The molecule has 0 saturated carbocycles. The van der Waals surface area contributed by atoms with Crippen LogP contribution >= 0.6 is 11.6 Å². The van der Waals surface area contributed by atoms with Crippen molar-refractivity contribution in [1.82, 2.24) is 9.97 Å². The van der Waals surface area contributed by atoms with Gasteiger partial charge in [0, 0.05) is 10.6 Å². The van der Waals surface area contributed by atoms with Gasteiger partial charge in [0.1, 0.15) is 29.8 Å². The van der Waals surface area contributed by atoms with Crippen molar-refractivity contribution in [3.05, 3.63) is 64.2 Å². The Morgan fingerprint density at radius 3 is 2.55 bits per heavy atom. The van der Waals surface area contributed by atoms with Crippen molar-refractivity contribution in [3.8, 4) is 23.1 Å². The maximum atomic E-state index is 12.9. The van der Waals surface area contributed by atoms with Crippen LogP contribution in [0.1, 0.15) is 16.7 Å². The number of nitrogens with zero attached hydrogens (tertiary/aromatic N) is 3. The third-order valence-electron chi connectivity index (χ3n) is 3.91. The molecule has 1 heterocycles. The molecule has 29 heavy (non-hydrogen) atoms. The second kappa shape index (κ2) is 7.85. The van der Waals surface area contributed by atoms with Crippen LogP contribution < -0.4 is 16.2 Å². The van der Waals surface area contributed by atoms with E-state index in [0.29, 0.717) is 16.1 Å². The molecule has 0 bridgehead atoms. The number of nitrogens with two attached hydrogens (primary N) is 2. The van der Waals surface area contributed by atoms with Crippen LogP contribution in [0.4, 0.5) is 24.9 Å². The molecule has 148 valence electrons. The van der Waals surface area contributed by atoms with Gasteiger partial charge in [-0.1, -0.05) is 23.7 Å². The molecule has 3 rings (SSSR count). The number of hydrogen-bond donors (Lipinski definition) is 2. The molecule has 0 amide bonds. The first kappa shape index (κ1) is 20.2. The Kier molecular flexibility index (Phi) is 5.48. The molecule has 3 aromatic rings. The number of halogens is 4. The third-order valence-corrected chi connectivity index (χ3v) is 4.15. The van der Waals surface area contributed by atoms with Crippen LogP contribution in [0.3, 0.4) is 0 Å². The zero-order valence-electron chi connectivity index (χ0n) is 14.7. The summed E-state index contributed by atoms with van der Waals surface area (Å²) in [5.41, 5.74) is 11.3. The molecule has 0 fully saturated rings. The number of hydrogen-bond acceptors (Lipinski definition) is 6. The van der Waals surface area contributed by atoms with Gasteiger partial charge in [-0.2, -0.15) is 23.4 Å². The zero-order valence-corrected chi connectivity index (χ0v) is 15.4. The molecule has 0 atom stereocenters. The van der Waals surface area contributed by atoms with Crippen molar-refractivity contribution in [2.45, 2.75) is 12.8 Å². The lowest BCUT2D eigenvalue weighted by Gasteiger charge is -2.14. The molecule has 0 radical (unpaired) electrons. The molecule has 0 spiro atoms. The molecule has 0 saturated heterocycles. The van der Waals surface area contributed by atoms with Gasteiger partial charge in [-0.3, -0.25) is 0 Å². The van der Waals surface area contributed by atoms with Gasteiger partial charge in [0.05, 0.1) is 11.3 Å². The summed E-state index contributed by atoms with van der Waals surface area (Å²) in [7, 11) is 0. The van der Waals surface area contributed by atoms with Crippen molar-refractivity contribution < 1.29 is 17.9 Å². The summed E-state index contributed by atoms with van der Waals surface area (Å²) >= 11 is 6.06. The summed E-state index contributed by atoms with van der Waals surface area (Å²) in [6.45, 7) is -0.156. The second-order valence-corrected chi connectivity index (χ2v) is 6.37. The van der Waals surface area contributed by atoms with E-state index in [4.69, 9.17) is 27.8 Å². The SMILES string of the molecule is N#Cc1c(N)nc(N)nc1-c1cc(Cl)ccc1OCc1cccc(C(F)(F)F)c1. The van der Waals surface area contributed by atoms with Gasteiger partial charge >= 0.3 is 6.18 Å². The fourth-order valence-corrected chi connectivity index (χ4v) is 2.78. The smallest absolute Gasteiger partial charge is 0.416 e. The normalized spacial score (nSPS) is 11.1. The van der Waals surface area contributed by atoms with Crippen molar-refractivity contribution in [3.63, 3.8) is 0 Å². The average Bonchev–Trinajstić information content (AvgIpc) is 2.66. The first-order valence-electron chi connectivity index (χ1n) is 8.11. The third kappa shape index (κ3) is 4.50. The molecule has 0 unspecified atom stereocenters. The van der Waals surface area contributed by atoms with Gasteiger partial charge in [-0.25, -0.2) is 4.98 Å². The quantitative estimate of drug-likeness (QED) is 0.647. The molecule has 0 aliphatic rings. The minimum atomic E-state index is -4.46. The number of benzene rings is 2. The first-order valence-corrected chi connectivity index (χ1v) is 8.49. The number of ether oxygens (including phenoxy) is 1. The number of nitriles is 1. The lowest BCUT2D eigenvalue weighted by Crippen LogP contribution is -2.07. The predicted octanol–water partition coefficient (Wildman–Crippen LogP) is 4.43. The Hall–Kier alpha value is -3.51. The summed E-state index contributed by atoms with van der Waals surface area (Å²) in [4.78, 5) is 7.81. The Bertz CT molecular complexity index is 1110.